The zero-order valence-electron chi connectivity index (χ0n) is 26.2. The lowest BCUT2D eigenvalue weighted by Crippen LogP contribution is -2.04. The Bertz CT molecular complexity index is 2760. The normalized spacial score (nSPS) is 12.8. The molecule has 2 aromatic carbocycles. The third-order valence-electron chi connectivity index (χ3n) is 7.86. The van der Waals surface area contributed by atoms with Crippen molar-refractivity contribution in [2.45, 2.75) is 28.1 Å². The lowest BCUT2D eigenvalue weighted by Gasteiger charge is -2.06. The van der Waals surface area contributed by atoms with Crippen LogP contribution in [0.5, 0.6) is 0 Å². The highest BCUT2D eigenvalue weighted by Crippen LogP contribution is 2.42. The van der Waals surface area contributed by atoms with Crippen LogP contribution in [0.1, 0.15) is 17.8 Å². The van der Waals surface area contributed by atoms with Crippen LogP contribution in [0.2, 0.25) is 20.1 Å². The van der Waals surface area contributed by atoms with E-state index in [4.69, 9.17) is 64.7 Å². The lowest BCUT2D eigenvalue weighted by atomic mass is 10.3. The van der Waals surface area contributed by atoms with Gasteiger partial charge < -0.3 is 18.3 Å². The number of halogens is 4. The molecule has 0 spiro atoms. The zero-order chi connectivity index (χ0) is 37.4. The van der Waals surface area contributed by atoms with Crippen LogP contribution < -0.4 is 0 Å². The van der Waals surface area contributed by atoms with Gasteiger partial charge in [-0.05, 0) is 42.8 Å². The van der Waals surface area contributed by atoms with Crippen molar-refractivity contribution in [2.75, 3.05) is 13.2 Å². The number of hydrogen-bond donors (Lipinski definition) is 2. The molecular formula is C31H20Cl4N4O10S4. The number of rotatable bonds is 12. The molecule has 0 aliphatic carbocycles. The van der Waals surface area contributed by atoms with Crippen LogP contribution in [0.15, 0.2) is 65.8 Å². The summed E-state index contributed by atoms with van der Waals surface area (Å²) < 4.78 is 93.6. The molecule has 0 atom stereocenters. The summed E-state index contributed by atoms with van der Waals surface area (Å²) in [5.41, 5.74) is 3.89. The minimum atomic E-state index is -4.47. The number of fused-ring (bicyclic) bond motifs is 6. The molecule has 0 fully saturated rings. The first-order valence-electron chi connectivity index (χ1n) is 15.1. The van der Waals surface area contributed by atoms with Gasteiger partial charge in [0.25, 0.3) is 0 Å². The summed E-state index contributed by atoms with van der Waals surface area (Å²) in [6.07, 6.45) is 0.468. The number of furan rings is 2. The molecule has 0 aliphatic heterocycles. The van der Waals surface area contributed by atoms with Gasteiger partial charge in [-0.2, -0.15) is 27.0 Å². The van der Waals surface area contributed by atoms with E-state index in [1.165, 1.54) is 21.5 Å². The first-order chi connectivity index (χ1) is 25.2. The van der Waals surface area contributed by atoms with Crippen molar-refractivity contribution in [2.24, 2.45) is 0 Å². The van der Waals surface area contributed by atoms with E-state index in [0.29, 0.717) is 80.9 Å². The molecule has 14 nitrogen and oxygen atoms in total. The lowest BCUT2D eigenvalue weighted by molar-refractivity contribution is 0.0674. The van der Waals surface area contributed by atoms with Crippen molar-refractivity contribution in [3.63, 3.8) is 0 Å². The maximum absolute atomic E-state index is 11.8. The summed E-state index contributed by atoms with van der Waals surface area (Å²) in [4.78, 5) is 0. The molecule has 0 saturated heterocycles. The van der Waals surface area contributed by atoms with Crippen LogP contribution in [0.25, 0.3) is 54.1 Å². The highest BCUT2D eigenvalue weighted by Gasteiger charge is 2.27. The quantitative estimate of drug-likeness (QED) is 0.0876. The van der Waals surface area contributed by atoms with Crippen molar-refractivity contribution in [3.05, 3.63) is 80.0 Å². The Morgan fingerprint density at radius 2 is 1.08 bits per heavy atom. The third-order valence-corrected chi connectivity index (χ3v) is 13.8. The average Bonchev–Trinajstić information content (AvgIpc) is 3.89. The molecule has 0 saturated carbocycles. The van der Waals surface area contributed by atoms with Crippen LogP contribution in [0, 0.1) is 0 Å². The minimum Gasteiger partial charge on any atom is -0.451 e. The summed E-state index contributed by atoms with van der Waals surface area (Å²) in [6.45, 7) is 0.582. The smallest absolute Gasteiger partial charge is 0.304 e. The Balaban J connectivity index is 0.984. The number of ether oxygens (including phenoxy) is 2. The summed E-state index contributed by atoms with van der Waals surface area (Å²) in [6, 6.07) is 12.2. The SMILES string of the molecule is O=S(=O)(O)c1cc2oc3c(COCCCOCc4nn(-c5ccc(Cl)cc5Cl)c5c4oc4cc(S(=O)(=O)O)sc45)nn(-c4ccc(Cl)cc4Cl)c3c2s1. The van der Waals surface area contributed by atoms with Crippen LogP contribution in [-0.4, -0.2) is 58.7 Å². The Morgan fingerprint density at radius 3 is 1.45 bits per heavy atom. The van der Waals surface area contributed by atoms with Crippen molar-refractivity contribution in [3.8, 4) is 11.4 Å². The maximum atomic E-state index is 11.8. The fraction of sp³-hybridized carbons (Fsp3) is 0.161. The molecule has 6 aromatic heterocycles. The first-order valence-corrected chi connectivity index (χ1v) is 21.1. The van der Waals surface area contributed by atoms with Crippen molar-refractivity contribution in [1.82, 2.24) is 19.6 Å². The standard InChI is InChI=1S/C31H20Cl4N4O10S4/c32-14-2-4-20(16(34)8-14)38-26-28(48-22-10-24(50-30(22)26)52(40,41)42)18(36-38)12-46-6-1-7-47-13-19-29-27(31-23(49-29)11-25(51-31)53(43,44)45)39(37-19)21-5-3-15(33)9-17(21)35/h2-5,8-11H,1,6-7,12-13H2,(H,40,41,42)(H,43,44,45). The molecule has 8 aromatic rings. The van der Waals surface area contributed by atoms with Gasteiger partial charge >= 0.3 is 20.2 Å². The topological polar surface area (TPSA) is 189 Å². The van der Waals surface area contributed by atoms with Gasteiger partial charge in [0.05, 0.1) is 34.6 Å². The van der Waals surface area contributed by atoms with Gasteiger partial charge in [0.2, 0.25) is 0 Å². The van der Waals surface area contributed by atoms with Gasteiger partial charge in [0.15, 0.2) is 19.6 Å². The average molecular weight is 879 g/mol. The molecule has 0 amide bonds. The molecule has 0 unspecified atom stereocenters. The molecule has 8 rings (SSSR count). The van der Waals surface area contributed by atoms with Gasteiger partial charge in [0, 0.05) is 35.4 Å². The molecule has 53 heavy (non-hydrogen) atoms. The van der Waals surface area contributed by atoms with Gasteiger partial charge in [-0.1, -0.05) is 46.4 Å². The predicted molar refractivity (Wildman–Crippen MR) is 201 cm³/mol. The second kappa shape index (κ2) is 13.8. The molecule has 2 N–H and O–H groups in total. The molecular weight excluding hydrogens is 858 g/mol. The van der Waals surface area contributed by atoms with Gasteiger partial charge in [-0.3, -0.25) is 9.11 Å². The van der Waals surface area contributed by atoms with E-state index in [2.05, 4.69) is 10.2 Å². The molecule has 22 heteroatoms. The maximum Gasteiger partial charge on any atom is 0.304 e. The first kappa shape index (κ1) is 36.7. The highest BCUT2D eigenvalue weighted by atomic mass is 35.5. The molecule has 0 aliphatic rings. The monoisotopic (exact) mass is 876 g/mol. The van der Waals surface area contributed by atoms with Crippen molar-refractivity contribution in [1.29, 1.82) is 0 Å². The van der Waals surface area contributed by atoms with Crippen LogP contribution >= 0.6 is 69.1 Å². The number of aromatic nitrogens is 4. The Labute approximate surface area is 326 Å². The summed E-state index contributed by atoms with van der Waals surface area (Å²) in [5.74, 6) is 0. The summed E-state index contributed by atoms with van der Waals surface area (Å²) >= 11 is 26.9. The van der Waals surface area contributed by atoms with E-state index in [1.807, 2.05) is 0 Å². The largest absolute Gasteiger partial charge is 0.451 e. The fourth-order valence-electron chi connectivity index (χ4n) is 5.62. The third kappa shape index (κ3) is 6.85. The predicted octanol–water partition coefficient (Wildman–Crippen LogP) is 9.21. The molecule has 0 bridgehead atoms. The fourth-order valence-corrected chi connectivity index (χ4v) is 10.1. The van der Waals surface area contributed by atoms with Gasteiger partial charge in [-0.25, -0.2) is 9.36 Å². The van der Waals surface area contributed by atoms with Crippen LogP contribution in [-0.2, 0) is 42.9 Å². The Kier molecular flexibility index (Phi) is 9.56. The second-order valence-corrected chi connectivity index (χ2v) is 18.5. The van der Waals surface area contributed by atoms with Crippen molar-refractivity contribution >= 4 is 132 Å². The van der Waals surface area contributed by atoms with E-state index in [9.17, 15) is 25.9 Å². The Morgan fingerprint density at radius 1 is 0.660 bits per heavy atom. The van der Waals surface area contributed by atoms with Gasteiger partial charge in [0.1, 0.15) is 43.0 Å². The number of benzene rings is 2. The molecule has 0 radical (unpaired) electrons. The zero-order valence-corrected chi connectivity index (χ0v) is 32.5. The van der Waals surface area contributed by atoms with E-state index < -0.39 is 20.2 Å². The summed E-state index contributed by atoms with van der Waals surface area (Å²) in [7, 11) is -8.93. The van der Waals surface area contributed by atoms with E-state index >= 15 is 0 Å². The molecule has 6 heterocycles. The number of hydrogen-bond acceptors (Lipinski definition) is 12. The van der Waals surface area contributed by atoms with Crippen LogP contribution in [0.4, 0.5) is 0 Å². The molecule has 276 valence electrons. The second-order valence-electron chi connectivity index (χ2n) is 11.4. The van der Waals surface area contributed by atoms with E-state index in [0.717, 1.165) is 22.7 Å². The van der Waals surface area contributed by atoms with Crippen molar-refractivity contribution < 1.29 is 44.2 Å². The minimum absolute atomic E-state index is 0.0300. The highest BCUT2D eigenvalue weighted by molar-refractivity contribution is 7.88. The Hall–Kier alpha value is -3.24. The van der Waals surface area contributed by atoms with E-state index in [-0.39, 0.29) is 46.0 Å². The number of nitrogens with zero attached hydrogens (tertiary/aromatic N) is 4. The summed E-state index contributed by atoms with van der Waals surface area (Å²) in [5, 5.41) is 10.7. The van der Waals surface area contributed by atoms with Crippen LogP contribution in [0.3, 0.4) is 0 Å². The van der Waals surface area contributed by atoms with Gasteiger partial charge in [-0.15, -0.1) is 22.7 Å². The van der Waals surface area contributed by atoms with E-state index in [1.54, 1.807) is 36.4 Å². The number of thiophene rings is 2.